The minimum Gasteiger partial charge on any atom is -0.382 e. The molecule has 1 heterocycles. The minimum absolute atomic E-state index is 0.246. The summed E-state index contributed by atoms with van der Waals surface area (Å²) in [4.78, 5) is 6.64. The van der Waals surface area contributed by atoms with Gasteiger partial charge in [0.15, 0.2) is 5.96 Å². The Bertz CT molecular complexity index is 577. The highest BCUT2D eigenvalue weighted by molar-refractivity contribution is 5.79. The van der Waals surface area contributed by atoms with Crippen LogP contribution >= 0.6 is 0 Å². The first kappa shape index (κ1) is 21.7. The normalized spacial score (nSPS) is 18.1. The zero-order valence-electron chi connectivity index (χ0n) is 17.8. The minimum atomic E-state index is 0.246. The summed E-state index contributed by atoms with van der Waals surface area (Å²) in [6.07, 6.45) is 10.3. The van der Waals surface area contributed by atoms with Gasteiger partial charge in [-0.3, -0.25) is 9.67 Å². The van der Waals surface area contributed by atoms with E-state index in [9.17, 15) is 0 Å². The average molecular weight is 379 g/mol. The van der Waals surface area contributed by atoms with Crippen molar-refractivity contribution < 1.29 is 4.74 Å². The van der Waals surface area contributed by atoms with Gasteiger partial charge >= 0.3 is 0 Å². The first-order valence-electron chi connectivity index (χ1n) is 10.2. The van der Waals surface area contributed by atoms with Gasteiger partial charge in [0.25, 0.3) is 0 Å². The van der Waals surface area contributed by atoms with Crippen LogP contribution in [0.3, 0.4) is 0 Å². The number of hydrogen-bond acceptors (Lipinski definition) is 4. The molecule has 1 atom stereocenters. The van der Waals surface area contributed by atoms with Crippen LogP contribution < -0.4 is 10.6 Å². The van der Waals surface area contributed by atoms with Gasteiger partial charge in [0, 0.05) is 52.2 Å². The Labute approximate surface area is 164 Å². The molecule has 27 heavy (non-hydrogen) atoms. The average Bonchev–Trinajstić information content (AvgIpc) is 3.28. The molecule has 1 aliphatic rings. The van der Waals surface area contributed by atoms with E-state index in [-0.39, 0.29) is 6.04 Å². The maximum absolute atomic E-state index is 5.62. The van der Waals surface area contributed by atoms with Crippen LogP contribution in [-0.2, 0) is 11.8 Å². The number of likely N-dealkylation sites (N-methyl/N-ethyl adjacent to an activating group) is 1. The smallest absolute Gasteiger partial charge is 0.191 e. The van der Waals surface area contributed by atoms with Crippen molar-refractivity contribution in [3.05, 3.63) is 18.0 Å². The van der Waals surface area contributed by atoms with Gasteiger partial charge in [-0.05, 0) is 45.7 Å². The van der Waals surface area contributed by atoms with Gasteiger partial charge in [-0.25, -0.2) is 0 Å². The molecule has 1 fully saturated rings. The Hall–Kier alpha value is -1.60. The van der Waals surface area contributed by atoms with E-state index in [1.807, 2.05) is 25.0 Å². The first-order valence-corrected chi connectivity index (χ1v) is 10.2. The molecule has 2 rings (SSSR count). The molecular formula is C20H38N6O. The fourth-order valence-corrected chi connectivity index (χ4v) is 3.97. The summed E-state index contributed by atoms with van der Waals surface area (Å²) >= 11 is 0. The van der Waals surface area contributed by atoms with Crippen molar-refractivity contribution in [1.29, 1.82) is 0 Å². The predicted octanol–water partition coefficient (Wildman–Crippen LogP) is 2.17. The SMILES string of the molecule is CCOCCC1(CNC(=NC)NCC(c2cnn(C)c2)N(C)C)CCCC1. The second-order valence-electron chi connectivity index (χ2n) is 7.89. The molecule has 0 bridgehead atoms. The molecule has 7 heteroatoms. The number of nitrogens with one attached hydrogen (secondary N) is 2. The molecule has 2 N–H and O–H groups in total. The molecule has 0 radical (unpaired) electrons. The van der Waals surface area contributed by atoms with E-state index in [0.29, 0.717) is 5.41 Å². The predicted molar refractivity (Wildman–Crippen MR) is 111 cm³/mol. The first-order chi connectivity index (χ1) is 13.0. The largest absolute Gasteiger partial charge is 0.382 e. The van der Waals surface area contributed by atoms with Crippen molar-refractivity contribution in [2.45, 2.75) is 45.1 Å². The maximum atomic E-state index is 5.62. The number of ether oxygens (including phenoxy) is 1. The summed E-state index contributed by atoms with van der Waals surface area (Å²) in [6, 6.07) is 0.246. The topological polar surface area (TPSA) is 66.7 Å². The number of aliphatic imine (C=N–C) groups is 1. The molecule has 1 aromatic rings. The third-order valence-corrected chi connectivity index (χ3v) is 5.70. The highest BCUT2D eigenvalue weighted by Crippen LogP contribution is 2.40. The molecule has 1 aliphatic carbocycles. The molecule has 1 aromatic heterocycles. The van der Waals surface area contributed by atoms with Crippen molar-refractivity contribution in [2.75, 3.05) is 47.4 Å². The van der Waals surface area contributed by atoms with Crippen LogP contribution in [0.4, 0.5) is 0 Å². The van der Waals surface area contributed by atoms with Gasteiger partial charge < -0.3 is 20.3 Å². The Morgan fingerprint density at radius 1 is 1.37 bits per heavy atom. The van der Waals surface area contributed by atoms with Gasteiger partial charge in [-0.1, -0.05) is 12.8 Å². The van der Waals surface area contributed by atoms with Crippen LogP contribution in [0.1, 0.15) is 50.6 Å². The van der Waals surface area contributed by atoms with Crippen LogP contribution in [0.15, 0.2) is 17.4 Å². The zero-order chi connectivity index (χ0) is 19.7. The Morgan fingerprint density at radius 3 is 2.67 bits per heavy atom. The highest BCUT2D eigenvalue weighted by Gasteiger charge is 2.33. The number of aryl methyl sites for hydroxylation is 1. The fourth-order valence-electron chi connectivity index (χ4n) is 3.97. The Kier molecular flexibility index (Phi) is 8.57. The Morgan fingerprint density at radius 2 is 2.11 bits per heavy atom. The van der Waals surface area contributed by atoms with E-state index in [1.165, 1.54) is 31.2 Å². The van der Waals surface area contributed by atoms with Gasteiger partial charge in [-0.2, -0.15) is 5.10 Å². The van der Waals surface area contributed by atoms with Crippen molar-refractivity contribution in [3.63, 3.8) is 0 Å². The van der Waals surface area contributed by atoms with Crippen LogP contribution in [-0.4, -0.2) is 68.1 Å². The summed E-state index contributed by atoms with van der Waals surface area (Å²) in [5.74, 6) is 0.869. The number of nitrogens with zero attached hydrogens (tertiary/aromatic N) is 4. The summed E-state index contributed by atoms with van der Waals surface area (Å²) in [5, 5.41) is 11.4. The Balaban J connectivity index is 1.88. The summed E-state index contributed by atoms with van der Waals surface area (Å²) in [7, 11) is 7.98. The molecule has 1 saturated carbocycles. The van der Waals surface area contributed by atoms with E-state index in [0.717, 1.165) is 38.7 Å². The lowest BCUT2D eigenvalue weighted by Crippen LogP contribution is -2.45. The second-order valence-corrected chi connectivity index (χ2v) is 7.89. The lowest BCUT2D eigenvalue weighted by molar-refractivity contribution is 0.105. The van der Waals surface area contributed by atoms with E-state index in [4.69, 9.17) is 4.74 Å². The summed E-state index contributed by atoms with van der Waals surface area (Å²) < 4.78 is 7.47. The van der Waals surface area contributed by atoms with Crippen LogP contribution in [0, 0.1) is 5.41 Å². The van der Waals surface area contributed by atoms with Crippen LogP contribution in [0.2, 0.25) is 0 Å². The van der Waals surface area contributed by atoms with E-state index >= 15 is 0 Å². The second kappa shape index (κ2) is 10.7. The van der Waals surface area contributed by atoms with Crippen molar-refractivity contribution >= 4 is 5.96 Å². The fraction of sp³-hybridized carbons (Fsp3) is 0.800. The number of guanidine groups is 1. The molecule has 154 valence electrons. The van der Waals surface area contributed by atoms with Crippen LogP contribution in [0.5, 0.6) is 0 Å². The van der Waals surface area contributed by atoms with E-state index in [1.54, 1.807) is 0 Å². The van der Waals surface area contributed by atoms with Crippen LogP contribution in [0.25, 0.3) is 0 Å². The molecule has 0 aromatic carbocycles. The number of rotatable bonds is 10. The third-order valence-electron chi connectivity index (χ3n) is 5.70. The highest BCUT2D eigenvalue weighted by atomic mass is 16.5. The zero-order valence-corrected chi connectivity index (χ0v) is 17.8. The molecule has 0 saturated heterocycles. The van der Waals surface area contributed by atoms with Crippen molar-refractivity contribution in [1.82, 2.24) is 25.3 Å². The molecular weight excluding hydrogens is 340 g/mol. The quantitative estimate of drug-likeness (QED) is 0.371. The lowest BCUT2D eigenvalue weighted by atomic mass is 9.83. The third kappa shape index (κ3) is 6.50. The summed E-state index contributed by atoms with van der Waals surface area (Å²) in [6.45, 7) is 5.46. The van der Waals surface area contributed by atoms with Gasteiger partial charge in [0.2, 0.25) is 0 Å². The lowest BCUT2D eigenvalue weighted by Gasteiger charge is -2.30. The van der Waals surface area contributed by atoms with Gasteiger partial charge in [0.1, 0.15) is 0 Å². The molecule has 0 amide bonds. The number of hydrogen-bond donors (Lipinski definition) is 2. The van der Waals surface area contributed by atoms with Gasteiger partial charge in [-0.15, -0.1) is 0 Å². The molecule has 0 spiro atoms. The maximum Gasteiger partial charge on any atom is 0.191 e. The number of aromatic nitrogens is 2. The molecule has 7 nitrogen and oxygen atoms in total. The monoisotopic (exact) mass is 378 g/mol. The van der Waals surface area contributed by atoms with E-state index < -0.39 is 0 Å². The van der Waals surface area contributed by atoms with Crippen molar-refractivity contribution in [2.24, 2.45) is 17.5 Å². The molecule has 0 aliphatic heterocycles. The summed E-state index contributed by atoms with van der Waals surface area (Å²) in [5.41, 5.74) is 1.55. The molecule has 1 unspecified atom stereocenters. The standard InChI is InChI=1S/C20H38N6O/c1-6-27-12-11-20(9-7-8-10-20)16-23-19(21-2)22-14-18(25(3)4)17-13-24-26(5)15-17/h13,15,18H,6-12,14,16H2,1-5H3,(H2,21,22,23). The van der Waals surface area contributed by atoms with E-state index in [2.05, 4.69) is 52.8 Å². The van der Waals surface area contributed by atoms with Gasteiger partial charge in [0.05, 0.1) is 12.2 Å². The van der Waals surface area contributed by atoms with Crippen molar-refractivity contribution in [3.8, 4) is 0 Å².